The van der Waals surface area contributed by atoms with Gasteiger partial charge in [0.15, 0.2) is 5.82 Å². The number of hydrogen-bond acceptors (Lipinski definition) is 5. The Morgan fingerprint density at radius 1 is 0.929 bits per heavy atom. The van der Waals surface area contributed by atoms with Crippen molar-refractivity contribution in [2.75, 3.05) is 35.7 Å². The lowest BCUT2D eigenvalue weighted by molar-refractivity contribution is 0.102. The van der Waals surface area contributed by atoms with E-state index in [0.29, 0.717) is 5.56 Å². The molecule has 0 spiro atoms. The molecule has 0 radical (unpaired) electrons. The van der Waals surface area contributed by atoms with Gasteiger partial charge in [0.1, 0.15) is 0 Å². The van der Waals surface area contributed by atoms with Crippen LogP contribution in [0, 0.1) is 0 Å². The lowest BCUT2D eigenvalue weighted by Gasteiger charge is -2.15. The highest BCUT2D eigenvalue weighted by Crippen LogP contribution is 2.23. The van der Waals surface area contributed by atoms with Crippen LogP contribution in [-0.4, -0.2) is 36.2 Å². The number of amides is 1. The lowest BCUT2D eigenvalue weighted by atomic mass is 10.1. The molecule has 0 saturated carbocycles. The maximum Gasteiger partial charge on any atom is 0.255 e. The number of nitrogens with zero attached hydrogens (tertiary/aromatic N) is 3. The minimum Gasteiger partial charge on any atom is -0.388 e. The van der Waals surface area contributed by atoms with Gasteiger partial charge in [-0.1, -0.05) is 12.1 Å². The Labute approximate surface area is 164 Å². The molecule has 28 heavy (non-hydrogen) atoms. The van der Waals surface area contributed by atoms with E-state index >= 15 is 0 Å². The maximum atomic E-state index is 12.5. The minimum atomic E-state index is -0.143. The topological polar surface area (TPSA) is 70.2 Å². The van der Waals surface area contributed by atoms with Crippen LogP contribution in [0.1, 0.15) is 23.2 Å². The van der Waals surface area contributed by atoms with E-state index < -0.39 is 0 Å². The molecule has 0 aliphatic carbocycles. The summed E-state index contributed by atoms with van der Waals surface area (Å²) in [6.07, 6.45) is 2.42. The van der Waals surface area contributed by atoms with Crippen molar-refractivity contribution in [2.45, 2.75) is 12.8 Å². The first-order valence-corrected chi connectivity index (χ1v) is 9.51. The second-order valence-corrected chi connectivity index (χ2v) is 6.83. The van der Waals surface area contributed by atoms with Gasteiger partial charge in [0.2, 0.25) is 0 Å². The summed E-state index contributed by atoms with van der Waals surface area (Å²) in [5.74, 6) is 0.783. The maximum absolute atomic E-state index is 12.5. The molecule has 4 rings (SSSR count). The summed E-state index contributed by atoms with van der Waals surface area (Å²) >= 11 is 0. The van der Waals surface area contributed by atoms with Gasteiger partial charge in [0.25, 0.3) is 5.91 Å². The van der Waals surface area contributed by atoms with Gasteiger partial charge in [-0.25, -0.2) is 0 Å². The van der Waals surface area contributed by atoms with Crippen LogP contribution in [0.25, 0.3) is 11.3 Å². The zero-order chi connectivity index (χ0) is 19.3. The van der Waals surface area contributed by atoms with Crippen LogP contribution in [0.2, 0.25) is 0 Å². The fourth-order valence-corrected chi connectivity index (χ4v) is 3.34. The third-order valence-electron chi connectivity index (χ3n) is 4.93. The van der Waals surface area contributed by atoms with Crippen molar-refractivity contribution >= 4 is 23.1 Å². The standard InChI is InChI=1S/C22H23N5O/c1-23-18-9-7-16(8-10-18)22(28)24-19-6-4-5-17(15-19)20-11-12-21(26-25-20)27-13-2-3-14-27/h4-12,15,23H,2-3,13-14H2,1H3,(H,24,28). The quantitative estimate of drug-likeness (QED) is 0.706. The van der Waals surface area contributed by atoms with Crippen LogP contribution in [0.15, 0.2) is 60.7 Å². The van der Waals surface area contributed by atoms with Gasteiger partial charge in [-0.3, -0.25) is 4.79 Å². The van der Waals surface area contributed by atoms with Crippen molar-refractivity contribution in [1.29, 1.82) is 0 Å². The van der Waals surface area contributed by atoms with Crippen molar-refractivity contribution in [3.8, 4) is 11.3 Å². The Balaban J connectivity index is 1.48. The Kier molecular flexibility index (Phi) is 5.19. The molecule has 1 aliphatic rings. The van der Waals surface area contributed by atoms with Gasteiger partial charge < -0.3 is 15.5 Å². The van der Waals surface area contributed by atoms with Gasteiger partial charge in [0, 0.05) is 42.6 Å². The molecule has 0 bridgehead atoms. The highest BCUT2D eigenvalue weighted by molar-refractivity contribution is 6.04. The first-order valence-electron chi connectivity index (χ1n) is 9.51. The normalized spacial score (nSPS) is 13.4. The summed E-state index contributed by atoms with van der Waals surface area (Å²) in [6.45, 7) is 2.09. The molecule has 2 aromatic carbocycles. The van der Waals surface area contributed by atoms with Gasteiger partial charge >= 0.3 is 0 Å². The first-order chi connectivity index (χ1) is 13.7. The van der Waals surface area contributed by atoms with E-state index in [1.54, 1.807) is 12.1 Å². The average molecular weight is 373 g/mol. The van der Waals surface area contributed by atoms with E-state index in [9.17, 15) is 4.79 Å². The van der Waals surface area contributed by atoms with Crippen LogP contribution in [0.3, 0.4) is 0 Å². The number of carbonyl (C=O) groups is 1. The number of hydrogen-bond donors (Lipinski definition) is 2. The molecule has 2 N–H and O–H groups in total. The van der Waals surface area contributed by atoms with E-state index in [1.165, 1.54) is 12.8 Å². The monoisotopic (exact) mass is 373 g/mol. The van der Waals surface area contributed by atoms with Gasteiger partial charge in [0.05, 0.1) is 5.69 Å². The summed E-state index contributed by atoms with van der Waals surface area (Å²) in [7, 11) is 1.85. The Bertz CT molecular complexity index is 947. The van der Waals surface area contributed by atoms with E-state index in [4.69, 9.17) is 0 Å². The zero-order valence-corrected chi connectivity index (χ0v) is 15.9. The zero-order valence-electron chi connectivity index (χ0n) is 15.9. The number of anilines is 3. The summed E-state index contributed by atoms with van der Waals surface area (Å²) in [6, 6.07) is 19.0. The van der Waals surface area contributed by atoms with Crippen molar-refractivity contribution in [1.82, 2.24) is 10.2 Å². The number of nitrogens with one attached hydrogen (secondary N) is 2. The molecule has 6 heteroatoms. The van der Waals surface area contributed by atoms with E-state index in [1.807, 2.05) is 55.6 Å². The van der Waals surface area contributed by atoms with E-state index in [-0.39, 0.29) is 5.91 Å². The fraction of sp³-hybridized carbons (Fsp3) is 0.227. The second-order valence-electron chi connectivity index (χ2n) is 6.83. The Morgan fingerprint density at radius 2 is 1.71 bits per heavy atom. The van der Waals surface area contributed by atoms with Gasteiger partial charge in [-0.05, 0) is 61.4 Å². The minimum absolute atomic E-state index is 0.143. The number of rotatable bonds is 5. The highest BCUT2D eigenvalue weighted by Gasteiger charge is 2.14. The molecule has 1 aliphatic heterocycles. The van der Waals surface area contributed by atoms with Gasteiger partial charge in [-0.15, -0.1) is 10.2 Å². The van der Waals surface area contributed by atoms with E-state index in [0.717, 1.165) is 41.5 Å². The number of carbonyl (C=O) groups excluding carboxylic acids is 1. The van der Waals surface area contributed by atoms with Crippen LogP contribution in [-0.2, 0) is 0 Å². The molecular weight excluding hydrogens is 350 g/mol. The molecule has 142 valence electrons. The molecule has 1 amide bonds. The second kappa shape index (κ2) is 8.08. The van der Waals surface area contributed by atoms with E-state index in [2.05, 4.69) is 25.7 Å². The van der Waals surface area contributed by atoms with Gasteiger partial charge in [-0.2, -0.15) is 0 Å². The predicted octanol–water partition coefficient (Wildman–Crippen LogP) is 4.04. The predicted molar refractivity (Wildman–Crippen MR) is 113 cm³/mol. The smallest absolute Gasteiger partial charge is 0.255 e. The lowest BCUT2D eigenvalue weighted by Crippen LogP contribution is -2.19. The number of aromatic nitrogens is 2. The van der Waals surface area contributed by atoms with Crippen LogP contribution in [0.4, 0.5) is 17.2 Å². The average Bonchev–Trinajstić information content (AvgIpc) is 3.29. The van der Waals surface area contributed by atoms with Crippen molar-refractivity contribution in [3.05, 3.63) is 66.2 Å². The summed E-state index contributed by atoms with van der Waals surface area (Å²) in [5, 5.41) is 14.7. The molecule has 1 fully saturated rings. The third kappa shape index (κ3) is 3.96. The molecule has 0 atom stereocenters. The largest absolute Gasteiger partial charge is 0.388 e. The highest BCUT2D eigenvalue weighted by atomic mass is 16.1. The summed E-state index contributed by atoms with van der Waals surface area (Å²) in [4.78, 5) is 14.7. The van der Waals surface area contributed by atoms with Crippen LogP contribution in [0.5, 0.6) is 0 Å². The SMILES string of the molecule is CNc1ccc(C(=O)Nc2cccc(-c3ccc(N4CCCC4)nn3)c2)cc1. The summed E-state index contributed by atoms with van der Waals surface area (Å²) in [5.41, 5.74) is 4.01. The molecule has 6 nitrogen and oxygen atoms in total. The molecule has 1 saturated heterocycles. The Morgan fingerprint density at radius 3 is 2.39 bits per heavy atom. The molecule has 1 aromatic heterocycles. The molecular formula is C22H23N5O. The van der Waals surface area contributed by atoms with Crippen LogP contribution < -0.4 is 15.5 Å². The first kappa shape index (κ1) is 18.0. The van der Waals surface area contributed by atoms with Crippen molar-refractivity contribution < 1.29 is 4.79 Å². The van der Waals surface area contributed by atoms with Crippen molar-refractivity contribution in [3.63, 3.8) is 0 Å². The van der Waals surface area contributed by atoms with Crippen molar-refractivity contribution in [2.24, 2.45) is 0 Å². The summed E-state index contributed by atoms with van der Waals surface area (Å²) < 4.78 is 0. The Hall–Kier alpha value is -3.41. The fourth-order valence-electron chi connectivity index (χ4n) is 3.34. The molecule has 3 aromatic rings. The third-order valence-corrected chi connectivity index (χ3v) is 4.93. The number of benzene rings is 2. The molecule has 2 heterocycles. The van der Waals surface area contributed by atoms with Crippen LogP contribution >= 0.6 is 0 Å². The molecule has 0 unspecified atom stereocenters.